The second-order valence-corrected chi connectivity index (χ2v) is 9.45. The van der Waals surface area contributed by atoms with Crippen molar-refractivity contribution in [2.24, 2.45) is 0 Å². The molecule has 1 aliphatic rings. The maximum atomic E-state index is 9.58. The van der Waals surface area contributed by atoms with E-state index in [2.05, 4.69) is 78.9 Å². The molecule has 0 saturated carbocycles. The number of rotatable bonds is 3. The molecule has 0 atom stereocenters. The van der Waals surface area contributed by atoms with E-state index < -0.39 is 7.12 Å². The summed E-state index contributed by atoms with van der Waals surface area (Å²) in [6.07, 6.45) is 2.24. The minimum absolute atomic E-state index is 0.492. The highest BCUT2D eigenvalue weighted by Crippen LogP contribution is 2.46. The quantitative estimate of drug-likeness (QED) is 0.247. The van der Waals surface area contributed by atoms with Crippen LogP contribution >= 0.6 is 0 Å². The summed E-state index contributed by atoms with van der Waals surface area (Å²) >= 11 is 0. The van der Waals surface area contributed by atoms with Crippen LogP contribution in [0.2, 0.25) is 0 Å². The fraction of sp³-hybridized carbons (Fsp3) is 0.0625. The first-order valence-electron chi connectivity index (χ1n) is 12.1. The standard InChI is InChI=1S/C32H23BO2/c34-33(35)23-17-14-22(15-18-23)31-25-7-1-3-9-27(25)32(28-10-4-2-8-26(28)31)29-19-16-21-13-12-20-6-5-11-24(29)30(20)21/h1-11,14-19,34-35H,12-13H2. The van der Waals surface area contributed by atoms with E-state index in [4.69, 9.17) is 0 Å². The summed E-state index contributed by atoms with van der Waals surface area (Å²) in [5.41, 5.74) is 8.19. The van der Waals surface area contributed by atoms with Crippen molar-refractivity contribution >= 4 is 44.9 Å². The molecule has 1 aliphatic carbocycles. The van der Waals surface area contributed by atoms with E-state index in [0.717, 1.165) is 18.4 Å². The molecule has 6 aromatic carbocycles. The van der Waals surface area contributed by atoms with Gasteiger partial charge in [-0.15, -0.1) is 0 Å². The van der Waals surface area contributed by atoms with Crippen molar-refractivity contribution in [2.45, 2.75) is 12.8 Å². The van der Waals surface area contributed by atoms with Crippen LogP contribution in [0.1, 0.15) is 11.1 Å². The molecule has 7 rings (SSSR count). The first-order valence-corrected chi connectivity index (χ1v) is 12.1. The van der Waals surface area contributed by atoms with Crippen LogP contribution in [-0.4, -0.2) is 17.2 Å². The summed E-state index contributed by atoms with van der Waals surface area (Å²) in [4.78, 5) is 0. The van der Waals surface area contributed by atoms with Crippen LogP contribution in [0.5, 0.6) is 0 Å². The zero-order valence-corrected chi connectivity index (χ0v) is 19.2. The van der Waals surface area contributed by atoms with Gasteiger partial charge >= 0.3 is 7.12 Å². The third-order valence-corrected chi connectivity index (χ3v) is 7.58. The van der Waals surface area contributed by atoms with Crippen molar-refractivity contribution in [3.8, 4) is 22.3 Å². The first-order chi connectivity index (χ1) is 17.2. The van der Waals surface area contributed by atoms with Crippen molar-refractivity contribution in [1.29, 1.82) is 0 Å². The van der Waals surface area contributed by atoms with Gasteiger partial charge in [0.15, 0.2) is 0 Å². The van der Waals surface area contributed by atoms with Crippen LogP contribution in [0, 0.1) is 0 Å². The molecule has 2 N–H and O–H groups in total. The molecular formula is C32H23BO2. The summed E-state index contributed by atoms with van der Waals surface area (Å²) in [6.45, 7) is 0. The van der Waals surface area contributed by atoms with E-state index in [-0.39, 0.29) is 0 Å². The second-order valence-electron chi connectivity index (χ2n) is 9.45. The van der Waals surface area contributed by atoms with Gasteiger partial charge in [0.05, 0.1) is 0 Å². The SMILES string of the molecule is OB(O)c1ccc(-c2c3ccccc3c(-c3ccc4c5c(cccc35)CC4)c3ccccc23)cc1. The minimum atomic E-state index is -1.47. The maximum Gasteiger partial charge on any atom is 0.488 e. The molecular weight excluding hydrogens is 427 g/mol. The molecule has 0 unspecified atom stereocenters. The summed E-state index contributed by atoms with van der Waals surface area (Å²) in [6, 6.07) is 36.3. The van der Waals surface area contributed by atoms with Gasteiger partial charge in [0, 0.05) is 0 Å². The summed E-state index contributed by atoms with van der Waals surface area (Å²) in [5, 5.41) is 26.8. The van der Waals surface area contributed by atoms with Crippen molar-refractivity contribution in [1.82, 2.24) is 0 Å². The van der Waals surface area contributed by atoms with E-state index in [9.17, 15) is 10.0 Å². The van der Waals surface area contributed by atoms with Crippen molar-refractivity contribution in [3.05, 3.63) is 114 Å². The zero-order chi connectivity index (χ0) is 23.5. The molecule has 0 radical (unpaired) electrons. The molecule has 0 fully saturated rings. The van der Waals surface area contributed by atoms with Crippen molar-refractivity contribution in [2.75, 3.05) is 0 Å². The summed E-state index contributed by atoms with van der Waals surface area (Å²) in [5.74, 6) is 0. The Labute approximate surface area is 204 Å². The molecule has 35 heavy (non-hydrogen) atoms. The lowest BCUT2D eigenvalue weighted by Gasteiger charge is -2.19. The first kappa shape index (κ1) is 20.5. The third kappa shape index (κ3) is 3.06. The van der Waals surface area contributed by atoms with Crippen LogP contribution in [0.4, 0.5) is 0 Å². The van der Waals surface area contributed by atoms with Crippen LogP contribution in [-0.2, 0) is 12.8 Å². The Morgan fingerprint density at radius 3 is 1.63 bits per heavy atom. The Bertz CT molecular complexity index is 1700. The average molecular weight is 450 g/mol. The minimum Gasteiger partial charge on any atom is -0.423 e. The predicted octanol–water partition coefficient (Wildman–Crippen LogP) is 6.26. The van der Waals surface area contributed by atoms with Crippen molar-refractivity contribution < 1.29 is 10.0 Å². The third-order valence-electron chi connectivity index (χ3n) is 7.58. The monoisotopic (exact) mass is 450 g/mol. The molecule has 3 heteroatoms. The summed E-state index contributed by atoms with van der Waals surface area (Å²) in [7, 11) is -1.47. The van der Waals surface area contributed by atoms with Crippen LogP contribution in [0.15, 0.2) is 103 Å². The fourth-order valence-electron chi connectivity index (χ4n) is 6.02. The van der Waals surface area contributed by atoms with E-state index in [1.165, 1.54) is 60.1 Å². The highest BCUT2D eigenvalue weighted by Gasteiger charge is 2.21. The largest absolute Gasteiger partial charge is 0.488 e. The van der Waals surface area contributed by atoms with Crippen LogP contribution in [0.3, 0.4) is 0 Å². The van der Waals surface area contributed by atoms with E-state index >= 15 is 0 Å². The molecule has 0 aliphatic heterocycles. The molecule has 166 valence electrons. The van der Waals surface area contributed by atoms with Gasteiger partial charge < -0.3 is 10.0 Å². The molecule has 2 nitrogen and oxygen atoms in total. The van der Waals surface area contributed by atoms with Gasteiger partial charge in [-0.3, -0.25) is 0 Å². The maximum absolute atomic E-state index is 9.58. The lowest BCUT2D eigenvalue weighted by Crippen LogP contribution is -2.29. The second kappa shape index (κ2) is 7.81. The summed E-state index contributed by atoms with van der Waals surface area (Å²) < 4.78 is 0. The van der Waals surface area contributed by atoms with Crippen LogP contribution in [0.25, 0.3) is 54.6 Å². The number of hydrogen-bond donors (Lipinski definition) is 2. The highest BCUT2D eigenvalue weighted by molar-refractivity contribution is 6.58. The Kier molecular flexibility index (Phi) is 4.56. The fourth-order valence-corrected chi connectivity index (χ4v) is 6.02. The molecule has 0 bridgehead atoms. The van der Waals surface area contributed by atoms with Gasteiger partial charge in [-0.1, -0.05) is 103 Å². The smallest absolute Gasteiger partial charge is 0.423 e. The number of aryl methyl sites for hydroxylation is 2. The molecule has 0 saturated heterocycles. The molecule has 0 aromatic heterocycles. The Hall–Kier alpha value is -3.92. The number of hydrogen-bond acceptors (Lipinski definition) is 2. The normalized spacial score (nSPS) is 12.6. The van der Waals surface area contributed by atoms with Gasteiger partial charge in [0.2, 0.25) is 0 Å². The Morgan fingerprint density at radius 1 is 0.486 bits per heavy atom. The molecule has 6 aromatic rings. The van der Waals surface area contributed by atoms with Gasteiger partial charge in [-0.05, 0) is 84.0 Å². The van der Waals surface area contributed by atoms with E-state index in [1.807, 2.05) is 12.1 Å². The topological polar surface area (TPSA) is 40.5 Å². The highest BCUT2D eigenvalue weighted by atomic mass is 16.4. The Balaban J connectivity index is 1.61. The van der Waals surface area contributed by atoms with Gasteiger partial charge in [0.25, 0.3) is 0 Å². The molecule has 0 spiro atoms. The molecule has 0 amide bonds. The number of fused-ring (bicyclic) bond motifs is 2. The lowest BCUT2D eigenvalue weighted by molar-refractivity contribution is 0.426. The van der Waals surface area contributed by atoms with Crippen molar-refractivity contribution in [3.63, 3.8) is 0 Å². The molecule has 0 heterocycles. The van der Waals surface area contributed by atoms with Gasteiger partial charge in [-0.2, -0.15) is 0 Å². The van der Waals surface area contributed by atoms with E-state index in [1.54, 1.807) is 12.1 Å². The zero-order valence-electron chi connectivity index (χ0n) is 19.2. The predicted molar refractivity (Wildman–Crippen MR) is 147 cm³/mol. The van der Waals surface area contributed by atoms with E-state index in [0.29, 0.717) is 5.46 Å². The van der Waals surface area contributed by atoms with Gasteiger partial charge in [-0.25, -0.2) is 0 Å². The Morgan fingerprint density at radius 2 is 1.03 bits per heavy atom. The number of benzene rings is 6. The van der Waals surface area contributed by atoms with Gasteiger partial charge in [0.1, 0.15) is 0 Å². The lowest BCUT2D eigenvalue weighted by atomic mass is 9.79. The average Bonchev–Trinajstić information content (AvgIpc) is 3.33. The van der Waals surface area contributed by atoms with Crippen LogP contribution < -0.4 is 5.46 Å².